The van der Waals surface area contributed by atoms with Crippen LogP contribution in [0.25, 0.3) is 0 Å². The molecular weight excluding hydrogens is 360 g/mol. The van der Waals surface area contributed by atoms with Gasteiger partial charge in [0.15, 0.2) is 0 Å². The van der Waals surface area contributed by atoms with Crippen LogP contribution in [0.1, 0.15) is 31.7 Å². The largest absolute Gasteiger partial charge is 0.301 e. The van der Waals surface area contributed by atoms with Gasteiger partial charge in [-0.2, -0.15) is 5.10 Å². The summed E-state index contributed by atoms with van der Waals surface area (Å²) in [5, 5.41) is 26.9. The van der Waals surface area contributed by atoms with Crippen molar-refractivity contribution >= 4 is 34.4 Å². The Labute approximate surface area is 154 Å². The number of hydrogen-bond acceptors (Lipinski definition) is 6. The quantitative estimate of drug-likeness (QED) is 0.388. The second-order valence-corrected chi connectivity index (χ2v) is 5.93. The molecule has 9 heteroatoms. The van der Waals surface area contributed by atoms with Crippen molar-refractivity contribution in [1.29, 1.82) is 0 Å². The van der Waals surface area contributed by atoms with Crippen LogP contribution >= 0.6 is 11.6 Å². The summed E-state index contributed by atoms with van der Waals surface area (Å²) in [6.45, 7) is 2.05. The maximum Gasteiger partial charge on any atom is 0.301 e. The van der Waals surface area contributed by atoms with E-state index in [1.165, 1.54) is 12.1 Å². The zero-order chi connectivity index (χ0) is 19.1. The molecule has 0 aliphatic heterocycles. The Morgan fingerprint density at radius 2 is 1.81 bits per heavy atom. The van der Waals surface area contributed by atoms with Crippen molar-refractivity contribution in [2.45, 2.75) is 26.2 Å². The minimum Gasteiger partial charge on any atom is -0.271 e. The zero-order valence-electron chi connectivity index (χ0n) is 14.0. The third kappa shape index (κ3) is 5.00. The van der Waals surface area contributed by atoms with E-state index in [2.05, 4.69) is 10.5 Å². The predicted octanol–water partition coefficient (Wildman–Crippen LogP) is 5.16. The first-order chi connectivity index (χ1) is 12.4. The SMILES string of the molecule is CCCC/C(=N\Nc1ccc([N+](=O)[O-])cc1[N+](=O)[O-])c1ccc(Cl)cc1. The van der Waals surface area contributed by atoms with Crippen LogP contribution in [-0.4, -0.2) is 15.6 Å². The van der Waals surface area contributed by atoms with Gasteiger partial charge in [-0.15, -0.1) is 0 Å². The molecule has 0 spiro atoms. The molecule has 0 fully saturated rings. The van der Waals surface area contributed by atoms with Crippen LogP contribution in [0.4, 0.5) is 17.1 Å². The van der Waals surface area contributed by atoms with Crippen LogP contribution in [0.3, 0.4) is 0 Å². The summed E-state index contributed by atoms with van der Waals surface area (Å²) in [6, 6.07) is 10.5. The van der Waals surface area contributed by atoms with Gasteiger partial charge in [-0.3, -0.25) is 25.7 Å². The third-order valence-electron chi connectivity index (χ3n) is 3.64. The molecule has 26 heavy (non-hydrogen) atoms. The molecule has 2 aromatic carbocycles. The van der Waals surface area contributed by atoms with Crippen LogP contribution < -0.4 is 5.43 Å². The summed E-state index contributed by atoms with van der Waals surface area (Å²) in [5.41, 5.74) is 3.57. The Balaban J connectivity index is 2.34. The molecule has 1 N–H and O–H groups in total. The molecule has 0 bridgehead atoms. The number of non-ortho nitro benzene ring substituents is 1. The molecular formula is C17H17ClN4O4. The first-order valence-electron chi connectivity index (χ1n) is 7.93. The highest BCUT2D eigenvalue weighted by atomic mass is 35.5. The van der Waals surface area contributed by atoms with Crippen molar-refractivity contribution in [3.63, 3.8) is 0 Å². The van der Waals surface area contributed by atoms with E-state index in [0.29, 0.717) is 11.4 Å². The lowest BCUT2D eigenvalue weighted by Gasteiger charge is -2.08. The van der Waals surface area contributed by atoms with Gasteiger partial charge in [0.25, 0.3) is 5.69 Å². The first-order valence-corrected chi connectivity index (χ1v) is 8.31. The fraction of sp³-hybridized carbons (Fsp3) is 0.235. The van der Waals surface area contributed by atoms with Gasteiger partial charge >= 0.3 is 5.69 Å². The Bertz CT molecular complexity index is 837. The maximum absolute atomic E-state index is 11.2. The van der Waals surface area contributed by atoms with E-state index in [9.17, 15) is 20.2 Å². The van der Waals surface area contributed by atoms with Gasteiger partial charge in [0, 0.05) is 11.1 Å². The van der Waals surface area contributed by atoms with Crippen LogP contribution in [0.2, 0.25) is 5.02 Å². The topological polar surface area (TPSA) is 111 Å². The smallest absolute Gasteiger partial charge is 0.271 e. The molecule has 0 aliphatic rings. The van der Waals surface area contributed by atoms with E-state index in [1.54, 1.807) is 12.1 Å². The van der Waals surface area contributed by atoms with Crippen molar-refractivity contribution in [3.8, 4) is 0 Å². The highest BCUT2D eigenvalue weighted by molar-refractivity contribution is 6.30. The fourth-order valence-electron chi connectivity index (χ4n) is 2.26. The molecule has 0 saturated heterocycles. The van der Waals surface area contributed by atoms with Crippen molar-refractivity contribution in [3.05, 3.63) is 73.3 Å². The van der Waals surface area contributed by atoms with Gasteiger partial charge in [0.2, 0.25) is 0 Å². The van der Waals surface area contributed by atoms with E-state index >= 15 is 0 Å². The van der Waals surface area contributed by atoms with Crippen LogP contribution in [0.15, 0.2) is 47.6 Å². The van der Waals surface area contributed by atoms with Crippen molar-refractivity contribution in [1.82, 2.24) is 0 Å². The molecule has 2 rings (SSSR count). The highest BCUT2D eigenvalue weighted by Gasteiger charge is 2.19. The minimum absolute atomic E-state index is 0.0866. The molecule has 136 valence electrons. The van der Waals surface area contributed by atoms with E-state index in [0.717, 1.165) is 30.2 Å². The molecule has 0 heterocycles. The number of hydrazone groups is 1. The fourth-order valence-corrected chi connectivity index (χ4v) is 2.38. The number of halogens is 1. The van der Waals surface area contributed by atoms with Crippen LogP contribution in [0, 0.1) is 20.2 Å². The van der Waals surface area contributed by atoms with Gasteiger partial charge in [0.1, 0.15) is 5.69 Å². The molecule has 0 atom stereocenters. The summed E-state index contributed by atoms with van der Waals surface area (Å²) >= 11 is 5.90. The minimum atomic E-state index is -0.682. The second kappa shape index (κ2) is 8.91. The number of unbranched alkanes of at least 4 members (excludes halogenated alkanes) is 1. The maximum atomic E-state index is 11.2. The van der Waals surface area contributed by atoms with Gasteiger partial charge < -0.3 is 0 Å². The van der Waals surface area contributed by atoms with E-state index in [1.807, 2.05) is 19.1 Å². The van der Waals surface area contributed by atoms with Crippen LogP contribution in [-0.2, 0) is 0 Å². The average molecular weight is 377 g/mol. The summed E-state index contributed by atoms with van der Waals surface area (Å²) in [6.07, 6.45) is 2.53. The molecule has 0 radical (unpaired) electrons. The number of benzene rings is 2. The van der Waals surface area contributed by atoms with Crippen molar-refractivity contribution < 1.29 is 9.85 Å². The molecule has 0 aromatic heterocycles. The Kier molecular flexibility index (Phi) is 6.62. The van der Waals surface area contributed by atoms with Gasteiger partial charge in [-0.1, -0.05) is 37.1 Å². The first kappa shape index (κ1) is 19.3. The van der Waals surface area contributed by atoms with Crippen LogP contribution in [0.5, 0.6) is 0 Å². The Morgan fingerprint density at radius 1 is 1.12 bits per heavy atom. The number of nitrogens with zero attached hydrogens (tertiary/aromatic N) is 3. The Morgan fingerprint density at radius 3 is 2.38 bits per heavy atom. The lowest BCUT2D eigenvalue weighted by molar-refractivity contribution is -0.393. The van der Waals surface area contributed by atoms with Crippen molar-refractivity contribution in [2.24, 2.45) is 5.10 Å². The number of anilines is 1. The summed E-state index contributed by atoms with van der Waals surface area (Å²) in [5.74, 6) is 0. The summed E-state index contributed by atoms with van der Waals surface area (Å²) in [7, 11) is 0. The molecule has 0 saturated carbocycles. The van der Waals surface area contributed by atoms with Crippen molar-refractivity contribution in [2.75, 3.05) is 5.43 Å². The molecule has 0 aliphatic carbocycles. The number of hydrogen-bond donors (Lipinski definition) is 1. The molecule has 2 aromatic rings. The summed E-state index contributed by atoms with van der Waals surface area (Å²) < 4.78 is 0. The standard InChI is InChI=1S/C17H17ClN4O4/c1-2-3-4-15(12-5-7-13(18)8-6-12)19-20-16-10-9-14(21(23)24)11-17(16)22(25)26/h5-11,20H,2-4H2,1H3/b19-15+. The number of nitrogens with one attached hydrogen (secondary N) is 1. The monoisotopic (exact) mass is 376 g/mol. The normalized spacial score (nSPS) is 11.2. The lowest BCUT2D eigenvalue weighted by Crippen LogP contribution is -2.06. The number of rotatable bonds is 8. The molecule has 0 amide bonds. The predicted molar refractivity (Wildman–Crippen MR) is 101 cm³/mol. The van der Waals surface area contributed by atoms with E-state index in [-0.39, 0.29) is 11.4 Å². The average Bonchev–Trinajstić information content (AvgIpc) is 2.62. The van der Waals surface area contributed by atoms with Gasteiger partial charge in [-0.25, -0.2) is 0 Å². The van der Waals surface area contributed by atoms with Gasteiger partial charge in [-0.05, 0) is 36.6 Å². The third-order valence-corrected chi connectivity index (χ3v) is 3.90. The number of nitro benzene ring substituents is 2. The zero-order valence-corrected chi connectivity index (χ0v) is 14.8. The second-order valence-electron chi connectivity index (χ2n) is 5.50. The number of nitro groups is 2. The molecule has 0 unspecified atom stereocenters. The highest BCUT2D eigenvalue weighted by Crippen LogP contribution is 2.29. The lowest BCUT2D eigenvalue weighted by atomic mass is 10.1. The van der Waals surface area contributed by atoms with E-state index < -0.39 is 15.5 Å². The Hall–Kier alpha value is -3.00. The molecule has 8 nitrogen and oxygen atoms in total. The van der Waals surface area contributed by atoms with Gasteiger partial charge in [0.05, 0.1) is 21.6 Å². The van der Waals surface area contributed by atoms with E-state index in [4.69, 9.17) is 11.6 Å². The summed E-state index contributed by atoms with van der Waals surface area (Å²) in [4.78, 5) is 20.6.